The number of rotatable bonds is 3. The van der Waals surface area contributed by atoms with Crippen LogP contribution in [-0.4, -0.2) is 13.4 Å². The first-order valence-electron chi connectivity index (χ1n) is 5.17. The van der Waals surface area contributed by atoms with Crippen LogP contribution in [0.25, 0.3) is 0 Å². The first-order valence-corrected chi connectivity index (χ1v) is 6.65. The van der Waals surface area contributed by atoms with Crippen LogP contribution < -0.4 is 4.72 Å². The summed E-state index contributed by atoms with van der Waals surface area (Å²) in [6.45, 7) is 0. The Kier molecular flexibility index (Phi) is 3.44. The summed E-state index contributed by atoms with van der Waals surface area (Å²) in [5, 5.41) is 8.16. The minimum absolute atomic E-state index is 0.0788. The van der Waals surface area contributed by atoms with E-state index in [0.29, 0.717) is 0 Å². The van der Waals surface area contributed by atoms with Gasteiger partial charge in [-0.05, 0) is 24.3 Å². The first kappa shape index (κ1) is 13.0. The molecule has 0 atom stereocenters. The average molecular weight is 277 g/mol. The summed E-state index contributed by atoms with van der Waals surface area (Å²) in [7, 11) is -4.16. The lowest BCUT2D eigenvalue weighted by Gasteiger charge is -2.08. The summed E-state index contributed by atoms with van der Waals surface area (Å²) in [5.41, 5.74) is 0.220. The number of hydrogen-bond acceptors (Lipinski definition) is 4. The highest BCUT2D eigenvalue weighted by Gasteiger charge is 2.21. The van der Waals surface area contributed by atoms with Crippen molar-refractivity contribution in [3.63, 3.8) is 0 Å². The lowest BCUT2D eigenvalue weighted by atomic mass is 10.2. The molecule has 96 valence electrons. The van der Waals surface area contributed by atoms with Gasteiger partial charge in [0.1, 0.15) is 6.07 Å². The molecule has 0 saturated heterocycles. The van der Waals surface area contributed by atoms with Crippen LogP contribution in [0.1, 0.15) is 5.56 Å². The zero-order chi connectivity index (χ0) is 13.9. The summed E-state index contributed by atoms with van der Waals surface area (Å²) in [6.07, 6.45) is 1.17. The van der Waals surface area contributed by atoms with Gasteiger partial charge in [0.05, 0.1) is 11.3 Å². The van der Waals surface area contributed by atoms with Gasteiger partial charge in [0.25, 0.3) is 10.0 Å². The molecule has 19 heavy (non-hydrogen) atoms. The molecule has 2 rings (SSSR count). The van der Waals surface area contributed by atoms with Gasteiger partial charge in [0.2, 0.25) is 5.03 Å². The first-order chi connectivity index (χ1) is 9.04. The van der Waals surface area contributed by atoms with Crippen LogP contribution >= 0.6 is 0 Å². The molecule has 0 aliphatic rings. The lowest BCUT2D eigenvalue weighted by Crippen LogP contribution is -2.16. The summed E-state index contributed by atoms with van der Waals surface area (Å²) >= 11 is 0. The molecule has 0 bridgehead atoms. The Hall–Kier alpha value is -2.46. The fourth-order valence-corrected chi connectivity index (χ4v) is 2.52. The molecule has 7 heteroatoms. The second-order valence-corrected chi connectivity index (χ2v) is 5.15. The number of aromatic nitrogens is 1. The van der Waals surface area contributed by atoms with Crippen LogP contribution in [0.15, 0.2) is 47.6 Å². The maximum Gasteiger partial charge on any atom is 0.282 e. The topological polar surface area (TPSA) is 82.9 Å². The Morgan fingerprint density at radius 1 is 1.21 bits per heavy atom. The summed E-state index contributed by atoms with van der Waals surface area (Å²) < 4.78 is 39.5. The monoisotopic (exact) mass is 277 g/mol. The highest BCUT2D eigenvalue weighted by Crippen LogP contribution is 2.19. The molecule has 0 spiro atoms. The second-order valence-electron chi connectivity index (χ2n) is 3.55. The van der Waals surface area contributed by atoms with Gasteiger partial charge in [-0.25, -0.2) is 9.37 Å². The highest BCUT2D eigenvalue weighted by molar-refractivity contribution is 7.92. The minimum atomic E-state index is -4.16. The molecule has 0 unspecified atom stereocenters. The third kappa shape index (κ3) is 2.69. The molecule has 1 aromatic carbocycles. The van der Waals surface area contributed by atoms with Crippen LogP contribution in [0.2, 0.25) is 0 Å². The van der Waals surface area contributed by atoms with E-state index in [1.807, 2.05) is 6.07 Å². The maximum atomic E-state index is 13.4. The number of nitrogens with zero attached hydrogens (tertiary/aromatic N) is 2. The third-order valence-corrected chi connectivity index (χ3v) is 3.57. The van der Waals surface area contributed by atoms with Crippen molar-refractivity contribution in [3.05, 3.63) is 54.0 Å². The smallest absolute Gasteiger partial charge is 0.277 e. The minimum Gasteiger partial charge on any atom is -0.277 e. The fraction of sp³-hybridized carbons (Fsp3) is 0. The number of halogens is 1. The van der Waals surface area contributed by atoms with Crippen molar-refractivity contribution in [1.29, 1.82) is 5.26 Å². The SMILES string of the molecule is N#Cc1ccccc1NS(=O)(=O)c1ncccc1F. The largest absolute Gasteiger partial charge is 0.282 e. The standard InChI is InChI=1S/C12H8FN3O2S/c13-10-5-3-7-15-12(10)19(17,18)16-11-6-2-1-4-9(11)8-14/h1-7,16H. The quantitative estimate of drug-likeness (QED) is 0.928. The van der Waals surface area contributed by atoms with E-state index in [-0.39, 0.29) is 11.3 Å². The number of pyridine rings is 1. The number of nitrogens with one attached hydrogen (secondary N) is 1. The highest BCUT2D eigenvalue weighted by atomic mass is 32.2. The third-order valence-electron chi connectivity index (χ3n) is 2.27. The number of anilines is 1. The molecular formula is C12H8FN3O2S. The molecule has 5 nitrogen and oxygen atoms in total. The van der Waals surface area contributed by atoms with Crippen molar-refractivity contribution < 1.29 is 12.8 Å². The fourth-order valence-electron chi connectivity index (χ4n) is 1.43. The Morgan fingerprint density at radius 3 is 2.63 bits per heavy atom. The summed E-state index contributed by atoms with van der Waals surface area (Å²) in [4.78, 5) is 3.49. The zero-order valence-corrected chi connectivity index (χ0v) is 10.4. The zero-order valence-electron chi connectivity index (χ0n) is 9.54. The number of benzene rings is 1. The Bertz CT molecular complexity index is 754. The number of nitriles is 1. The molecule has 0 fully saturated rings. The number of para-hydroxylation sites is 1. The van der Waals surface area contributed by atoms with E-state index in [4.69, 9.17) is 5.26 Å². The van der Waals surface area contributed by atoms with Crippen molar-refractivity contribution in [3.8, 4) is 6.07 Å². The Morgan fingerprint density at radius 2 is 1.95 bits per heavy atom. The predicted molar refractivity (Wildman–Crippen MR) is 66.2 cm³/mol. The van der Waals surface area contributed by atoms with Gasteiger partial charge in [-0.3, -0.25) is 4.72 Å². The molecule has 2 aromatic rings. The maximum absolute atomic E-state index is 13.4. The van der Waals surface area contributed by atoms with Crippen molar-refractivity contribution in [2.24, 2.45) is 0 Å². The second kappa shape index (κ2) is 5.04. The molecule has 0 aliphatic carbocycles. The molecule has 0 aliphatic heterocycles. The molecule has 1 aromatic heterocycles. The van der Waals surface area contributed by atoms with Crippen LogP contribution in [0, 0.1) is 17.1 Å². The van der Waals surface area contributed by atoms with E-state index >= 15 is 0 Å². The van der Waals surface area contributed by atoms with Crippen molar-refractivity contribution >= 4 is 15.7 Å². The van der Waals surface area contributed by atoms with Gasteiger partial charge in [-0.15, -0.1) is 0 Å². The molecule has 1 heterocycles. The van der Waals surface area contributed by atoms with Gasteiger partial charge in [0, 0.05) is 6.20 Å². The Labute approximate surface area is 109 Å². The van der Waals surface area contributed by atoms with Crippen LogP contribution in [0.4, 0.5) is 10.1 Å². The van der Waals surface area contributed by atoms with E-state index in [0.717, 1.165) is 6.07 Å². The lowest BCUT2D eigenvalue weighted by molar-refractivity contribution is 0.557. The van der Waals surface area contributed by atoms with E-state index in [1.54, 1.807) is 12.1 Å². The van der Waals surface area contributed by atoms with Gasteiger partial charge in [-0.1, -0.05) is 12.1 Å². The molecule has 1 N–H and O–H groups in total. The van der Waals surface area contributed by atoms with E-state index in [9.17, 15) is 12.8 Å². The van der Waals surface area contributed by atoms with Gasteiger partial charge >= 0.3 is 0 Å². The normalized spacial score (nSPS) is 10.7. The van der Waals surface area contributed by atoms with Crippen molar-refractivity contribution in [2.75, 3.05) is 4.72 Å². The Balaban J connectivity index is 2.44. The van der Waals surface area contributed by atoms with Gasteiger partial charge < -0.3 is 0 Å². The predicted octanol–water partition coefficient (Wildman–Crippen LogP) is 1.89. The molecule has 0 saturated carbocycles. The summed E-state index contributed by atoms with van der Waals surface area (Å²) in [5.74, 6) is -0.954. The van der Waals surface area contributed by atoms with E-state index in [2.05, 4.69) is 9.71 Å². The molecule has 0 radical (unpaired) electrons. The van der Waals surface area contributed by atoms with E-state index < -0.39 is 20.9 Å². The molecular weight excluding hydrogens is 269 g/mol. The van der Waals surface area contributed by atoms with Crippen LogP contribution in [0.3, 0.4) is 0 Å². The van der Waals surface area contributed by atoms with Crippen molar-refractivity contribution in [2.45, 2.75) is 5.03 Å². The van der Waals surface area contributed by atoms with Crippen molar-refractivity contribution in [1.82, 2.24) is 4.98 Å². The van der Waals surface area contributed by atoms with Crippen LogP contribution in [0.5, 0.6) is 0 Å². The number of hydrogen-bond donors (Lipinski definition) is 1. The average Bonchev–Trinajstić information content (AvgIpc) is 2.39. The van der Waals surface area contributed by atoms with Gasteiger partial charge in [0.15, 0.2) is 5.82 Å². The molecule has 0 amide bonds. The van der Waals surface area contributed by atoms with Crippen LogP contribution in [-0.2, 0) is 10.0 Å². The van der Waals surface area contributed by atoms with Gasteiger partial charge in [-0.2, -0.15) is 13.7 Å². The number of sulfonamides is 1. The summed E-state index contributed by atoms with van der Waals surface area (Å²) in [6, 6.07) is 10.2. The van der Waals surface area contributed by atoms with E-state index in [1.165, 1.54) is 24.4 Å².